The van der Waals surface area contributed by atoms with Crippen LogP contribution in [0.25, 0.3) is 0 Å². The highest BCUT2D eigenvalue weighted by molar-refractivity contribution is 7.92. The highest BCUT2D eigenvalue weighted by Gasteiger charge is 2.35. The minimum absolute atomic E-state index is 0.0636. The first-order valence-corrected chi connectivity index (χ1v) is 15.9. The highest BCUT2D eigenvalue weighted by atomic mass is 35.5. The van der Waals surface area contributed by atoms with Crippen LogP contribution in [0.2, 0.25) is 5.02 Å². The SMILES string of the molecule is Cc1ccccc1N(CC(=O)N(Cc1ccc(Cl)cc1)C(Cc1ccccc1)C(=O)NC(C)C)S(=O)(=O)c1ccccc1. The molecule has 2 amide bonds. The number of carbonyl (C=O) groups is 2. The second kappa shape index (κ2) is 14.4. The Morgan fingerprint density at radius 2 is 1.37 bits per heavy atom. The number of halogens is 1. The van der Waals surface area contributed by atoms with Crippen LogP contribution in [0.1, 0.15) is 30.5 Å². The van der Waals surface area contributed by atoms with Crippen LogP contribution in [0.3, 0.4) is 0 Å². The van der Waals surface area contributed by atoms with Crippen molar-refractivity contribution >= 4 is 39.1 Å². The first-order chi connectivity index (χ1) is 20.6. The summed E-state index contributed by atoms with van der Waals surface area (Å²) in [5.41, 5.74) is 2.70. The number of anilines is 1. The molecule has 1 N–H and O–H groups in total. The Morgan fingerprint density at radius 1 is 0.791 bits per heavy atom. The molecule has 0 bridgehead atoms. The van der Waals surface area contributed by atoms with Crippen molar-refractivity contribution in [1.82, 2.24) is 10.2 Å². The number of carbonyl (C=O) groups excluding carboxylic acids is 2. The quantitative estimate of drug-likeness (QED) is 0.211. The van der Waals surface area contributed by atoms with Gasteiger partial charge in [0.1, 0.15) is 12.6 Å². The highest BCUT2D eigenvalue weighted by Crippen LogP contribution is 2.27. The zero-order valence-electron chi connectivity index (χ0n) is 24.5. The van der Waals surface area contributed by atoms with Crippen LogP contribution >= 0.6 is 11.6 Å². The maximum absolute atomic E-state index is 14.4. The maximum Gasteiger partial charge on any atom is 0.264 e. The number of hydrogen-bond donors (Lipinski definition) is 1. The van der Waals surface area contributed by atoms with E-state index in [2.05, 4.69) is 5.32 Å². The van der Waals surface area contributed by atoms with Gasteiger partial charge in [0.05, 0.1) is 10.6 Å². The number of sulfonamides is 1. The van der Waals surface area contributed by atoms with Gasteiger partial charge in [0, 0.05) is 24.0 Å². The van der Waals surface area contributed by atoms with Crippen molar-refractivity contribution in [1.29, 1.82) is 0 Å². The summed E-state index contributed by atoms with van der Waals surface area (Å²) in [5, 5.41) is 3.50. The second-order valence-electron chi connectivity index (χ2n) is 10.6. The number of hydrogen-bond acceptors (Lipinski definition) is 4. The molecule has 0 aliphatic carbocycles. The van der Waals surface area contributed by atoms with E-state index in [1.165, 1.54) is 17.0 Å². The molecule has 9 heteroatoms. The lowest BCUT2D eigenvalue weighted by Crippen LogP contribution is -2.54. The smallest absolute Gasteiger partial charge is 0.264 e. The number of para-hydroxylation sites is 1. The van der Waals surface area contributed by atoms with Crippen molar-refractivity contribution in [3.05, 3.63) is 131 Å². The predicted molar refractivity (Wildman–Crippen MR) is 171 cm³/mol. The lowest BCUT2D eigenvalue weighted by molar-refractivity contribution is -0.140. The average Bonchev–Trinajstić information content (AvgIpc) is 2.99. The van der Waals surface area contributed by atoms with Crippen LogP contribution < -0.4 is 9.62 Å². The fourth-order valence-electron chi connectivity index (χ4n) is 4.80. The van der Waals surface area contributed by atoms with E-state index in [4.69, 9.17) is 11.6 Å². The van der Waals surface area contributed by atoms with Crippen molar-refractivity contribution in [2.45, 2.75) is 50.7 Å². The van der Waals surface area contributed by atoms with Crippen LogP contribution in [0.15, 0.2) is 114 Å². The van der Waals surface area contributed by atoms with Gasteiger partial charge < -0.3 is 10.2 Å². The van der Waals surface area contributed by atoms with Crippen LogP contribution in [0, 0.1) is 6.92 Å². The van der Waals surface area contributed by atoms with Crippen molar-refractivity contribution in [3.63, 3.8) is 0 Å². The molecule has 224 valence electrons. The van der Waals surface area contributed by atoms with Gasteiger partial charge >= 0.3 is 0 Å². The molecule has 1 atom stereocenters. The zero-order chi connectivity index (χ0) is 31.0. The Hall–Kier alpha value is -4.14. The molecule has 0 heterocycles. The summed E-state index contributed by atoms with van der Waals surface area (Å²) in [7, 11) is -4.14. The number of nitrogens with zero attached hydrogens (tertiary/aromatic N) is 2. The van der Waals surface area contributed by atoms with Gasteiger partial charge in [-0.1, -0.05) is 90.5 Å². The fourth-order valence-corrected chi connectivity index (χ4v) is 6.42. The molecule has 4 aromatic carbocycles. The van der Waals surface area contributed by atoms with E-state index in [0.717, 1.165) is 15.4 Å². The van der Waals surface area contributed by atoms with Gasteiger partial charge in [0.15, 0.2) is 0 Å². The third-order valence-electron chi connectivity index (χ3n) is 6.96. The third kappa shape index (κ3) is 8.24. The van der Waals surface area contributed by atoms with E-state index in [-0.39, 0.29) is 29.8 Å². The van der Waals surface area contributed by atoms with Crippen molar-refractivity contribution in [2.24, 2.45) is 0 Å². The Balaban J connectivity index is 1.80. The number of nitrogens with one attached hydrogen (secondary N) is 1. The molecule has 0 aliphatic rings. The van der Waals surface area contributed by atoms with Crippen LogP contribution in [0.4, 0.5) is 5.69 Å². The van der Waals surface area contributed by atoms with E-state index in [1.54, 1.807) is 67.6 Å². The first-order valence-electron chi connectivity index (χ1n) is 14.1. The minimum Gasteiger partial charge on any atom is -0.352 e. The van der Waals surface area contributed by atoms with Crippen molar-refractivity contribution in [2.75, 3.05) is 10.8 Å². The standard InChI is InChI=1S/C34H36ClN3O4S/c1-25(2)36-34(40)32(22-27-13-6-4-7-14-27)37(23-28-18-20-29(35)21-19-28)33(39)24-38(31-17-11-10-12-26(31)3)43(41,42)30-15-8-5-9-16-30/h4-21,25,32H,22-24H2,1-3H3,(H,36,40). The van der Waals surface area contributed by atoms with Crippen LogP contribution in [-0.4, -0.2) is 43.8 Å². The molecule has 4 rings (SSSR count). The summed E-state index contributed by atoms with van der Waals surface area (Å²) in [6.45, 7) is 5.08. The van der Waals surface area contributed by atoms with E-state index in [0.29, 0.717) is 16.3 Å². The Morgan fingerprint density at radius 3 is 1.98 bits per heavy atom. The van der Waals surface area contributed by atoms with Crippen LogP contribution in [-0.2, 0) is 32.6 Å². The molecule has 0 saturated heterocycles. The Kier molecular flexibility index (Phi) is 10.6. The van der Waals surface area contributed by atoms with E-state index >= 15 is 0 Å². The number of rotatable bonds is 12. The average molecular weight is 618 g/mol. The van der Waals surface area contributed by atoms with E-state index < -0.39 is 28.5 Å². The molecule has 4 aromatic rings. The molecular weight excluding hydrogens is 582 g/mol. The summed E-state index contributed by atoms with van der Waals surface area (Å²) >= 11 is 6.13. The normalized spacial score (nSPS) is 12.0. The molecule has 0 aromatic heterocycles. The topological polar surface area (TPSA) is 86.8 Å². The molecule has 0 saturated carbocycles. The van der Waals surface area contributed by atoms with Crippen LogP contribution in [0.5, 0.6) is 0 Å². The summed E-state index contributed by atoms with van der Waals surface area (Å²) < 4.78 is 29.2. The van der Waals surface area contributed by atoms with Crippen molar-refractivity contribution in [3.8, 4) is 0 Å². The molecule has 7 nitrogen and oxygen atoms in total. The molecule has 0 spiro atoms. The fraction of sp³-hybridized carbons (Fsp3) is 0.235. The van der Waals surface area contributed by atoms with Gasteiger partial charge in [-0.05, 0) is 67.8 Å². The van der Waals surface area contributed by atoms with Gasteiger partial charge in [-0.2, -0.15) is 0 Å². The lowest BCUT2D eigenvalue weighted by atomic mass is 10.0. The zero-order valence-corrected chi connectivity index (χ0v) is 26.1. The monoisotopic (exact) mass is 617 g/mol. The van der Waals surface area contributed by atoms with Gasteiger partial charge in [0.2, 0.25) is 11.8 Å². The summed E-state index contributed by atoms with van der Waals surface area (Å²) in [6.07, 6.45) is 0.245. The number of aryl methyl sites for hydroxylation is 1. The van der Waals surface area contributed by atoms with E-state index in [1.807, 2.05) is 50.2 Å². The van der Waals surface area contributed by atoms with Gasteiger partial charge in [-0.25, -0.2) is 8.42 Å². The third-order valence-corrected chi connectivity index (χ3v) is 8.99. The predicted octanol–water partition coefficient (Wildman–Crippen LogP) is 6.01. The van der Waals surface area contributed by atoms with E-state index in [9.17, 15) is 18.0 Å². The number of amides is 2. The van der Waals surface area contributed by atoms with Crippen molar-refractivity contribution < 1.29 is 18.0 Å². The second-order valence-corrected chi connectivity index (χ2v) is 12.9. The molecule has 0 aliphatic heterocycles. The number of benzene rings is 4. The van der Waals surface area contributed by atoms with Gasteiger partial charge in [-0.3, -0.25) is 13.9 Å². The summed E-state index contributed by atoms with van der Waals surface area (Å²) in [6, 6.07) is 30.5. The van der Waals surface area contributed by atoms with Gasteiger partial charge in [0.25, 0.3) is 10.0 Å². The Labute approximate surface area is 259 Å². The largest absolute Gasteiger partial charge is 0.352 e. The Bertz CT molecular complexity index is 1630. The first kappa shape index (κ1) is 31.8. The molecular formula is C34H36ClN3O4S. The summed E-state index contributed by atoms with van der Waals surface area (Å²) in [4.78, 5) is 29.7. The molecule has 43 heavy (non-hydrogen) atoms. The minimum atomic E-state index is -4.14. The summed E-state index contributed by atoms with van der Waals surface area (Å²) in [5.74, 6) is -0.841. The maximum atomic E-state index is 14.4. The lowest BCUT2D eigenvalue weighted by Gasteiger charge is -2.34. The molecule has 0 fully saturated rings. The molecule has 1 unspecified atom stereocenters. The van der Waals surface area contributed by atoms with Gasteiger partial charge in [-0.15, -0.1) is 0 Å². The molecule has 0 radical (unpaired) electrons.